The van der Waals surface area contributed by atoms with E-state index in [4.69, 9.17) is 4.74 Å². The zero-order valence-electron chi connectivity index (χ0n) is 12.9. The van der Waals surface area contributed by atoms with Gasteiger partial charge in [0.05, 0.1) is 5.56 Å². The Morgan fingerprint density at radius 1 is 0.920 bits per heavy atom. The van der Waals surface area contributed by atoms with Crippen LogP contribution in [0.1, 0.15) is 20.7 Å². The van der Waals surface area contributed by atoms with E-state index in [1.165, 1.54) is 24.3 Å². The van der Waals surface area contributed by atoms with E-state index in [0.29, 0.717) is 5.39 Å². The molecule has 5 nitrogen and oxygen atoms in total. The van der Waals surface area contributed by atoms with Crippen molar-refractivity contribution in [3.63, 3.8) is 0 Å². The standard InChI is InChI=1S/C19H13FO5/c20-15-8-4-3-7-13(15)17(22)10-25-19(24)14-9-16(21)11-5-1-2-6-12(11)18(14)23/h1-9,21,23H,10H2. The molecule has 2 N–H and O–H groups in total. The Morgan fingerprint density at radius 3 is 2.28 bits per heavy atom. The minimum absolute atomic E-state index is 0.194. The van der Waals surface area contributed by atoms with Crippen molar-refractivity contribution in [1.29, 1.82) is 0 Å². The van der Waals surface area contributed by atoms with Gasteiger partial charge in [-0.25, -0.2) is 9.18 Å². The number of aromatic hydroxyl groups is 2. The van der Waals surface area contributed by atoms with Crippen molar-refractivity contribution < 1.29 is 28.9 Å². The maximum Gasteiger partial charge on any atom is 0.342 e. The van der Waals surface area contributed by atoms with Gasteiger partial charge in [0.25, 0.3) is 0 Å². The molecule has 126 valence electrons. The quantitative estimate of drug-likeness (QED) is 0.432. The van der Waals surface area contributed by atoms with Crippen LogP contribution >= 0.6 is 0 Å². The average Bonchev–Trinajstić information content (AvgIpc) is 2.63. The Kier molecular flexibility index (Phi) is 4.35. The van der Waals surface area contributed by atoms with Gasteiger partial charge in [-0.05, 0) is 18.2 Å². The number of phenolic OH excluding ortho intramolecular Hbond substituents is 2. The largest absolute Gasteiger partial charge is 0.507 e. The lowest BCUT2D eigenvalue weighted by Crippen LogP contribution is -2.15. The molecule has 0 bridgehead atoms. The molecule has 0 saturated carbocycles. The molecule has 6 heteroatoms. The lowest BCUT2D eigenvalue weighted by atomic mass is 10.0. The molecule has 0 aliphatic heterocycles. The molecule has 0 heterocycles. The maximum absolute atomic E-state index is 13.5. The summed E-state index contributed by atoms with van der Waals surface area (Å²) in [6.07, 6.45) is 0. The second-order valence-electron chi connectivity index (χ2n) is 5.32. The number of carbonyl (C=O) groups excluding carboxylic acids is 2. The van der Waals surface area contributed by atoms with Crippen molar-refractivity contribution in [2.75, 3.05) is 6.61 Å². The fourth-order valence-electron chi connectivity index (χ4n) is 2.47. The number of halogens is 1. The predicted octanol–water partition coefficient (Wildman–Crippen LogP) is 3.43. The molecule has 3 aromatic rings. The van der Waals surface area contributed by atoms with Gasteiger partial charge in [-0.3, -0.25) is 4.79 Å². The Labute approximate surface area is 141 Å². The summed E-state index contributed by atoms with van der Waals surface area (Å²) < 4.78 is 18.4. The fraction of sp³-hybridized carbons (Fsp3) is 0.0526. The van der Waals surface area contributed by atoms with Gasteiger partial charge in [-0.1, -0.05) is 36.4 Å². The number of benzene rings is 3. The Bertz CT molecular complexity index is 981. The summed E-state index contributed by atoms with van der Waals surface area (Å²) in [5.74, 6) is -2.99. The molecular weight excluding hydrogens is 327 g/mol. The molecule has 25 heavy (non-hydrogen) atoms. The summed E-state index contributed by atoms with van der Waals surface area (Å²) in [6.45, 7) is -0.688. The minimum Gasteiger partial charge on any atom is -0.507 e. The number of ketones is 1. The molecule has 0 aromatic heterocycles. The molecule has 0 amide bonds. The van der Waals surface area contributed by atoms with Gasteiger partial charge in [-0.2, -0.15) is 0 Å². The summed E-state index contributed by atoms with van der Waals surface area (Å²) in [5, 5.41) is 20.8. The van der Waals surface area contributed by atoms with Crippen LogP contribution in [0, 0.1) is 5.82 Å². The number of ether oxygens (including phenoxy) is 1. The lowest BCUT2D eigenvalue weighted by Gasteiger charge is -2.10. The predicted molar refractivity (Wildman–Crippen MR) is 88.3 cm³/mol. The maximum atomic E-state index is 13.5. The summed E-state index contributed by atoms with van der Waals surface area (Å²) in [5.41, 5.74) is -0.474. The number of hydrogen-bond donors (Lipinski definition) is 2. The summed E-state index contributed by atoms with van der Waals surface area (Å²) >= 11 is 0. The molecule has 0 saturated heterocycles. The normalized spacial score (nSPS) is 10.6. The molecule has 0 atom stereocenters. The Morgan fingerprint density at radius 2 is 1.56 bits per heavy atom. The van der Waals surface area contributed by atoms with Gasteiger partial charge >= 0.3 is 5.97 Å². The number of rotatable bonds is 4. The van der Waals surface area contributed by atoms with E-state index in [9.17, 15) is 24.2 Å². The van der Waals surface area contributed by atoms with Crippen LogP contribution in [0.15, 0.2) is 54.6 Å². The van der Waals surface area contributed by atoms with E-state index in [2.05, 4.69) is 0 Å². The summed E-state index contributed by atoms with van der Waals surface area (Å²) in [4.78, 5) is 24.1. The van der Waals surface area contributed by atoms with Crippen LogP contribution < -0.4 is 0 Å². The monoisotopic (exact) mass is 340 g/mol. The van der Waals surface area contributed by atoms with E-state index in [1.54, 1.807) is 18.2 Å². The van der Waals surface area contributed by atoms with Crippen LogP contribution in [-0.4, -0.2) is 28.6 Å². The number of carbonyl (C=O) groups is 2. The number of fused-ring (bicyclic) bond motifs is 1. The van der Waals surface area contributed by atoms with Crippen LogP contribution in [-0.2, 0) is 4.74 Å². The van der Waals surface area contributed by atoms with E-state index in [1.807, 2.05) is 0 Å². The zero-order valence-corrected chi connectivity index (χ0v) is 12.9. The summed E-state index contributed by atoms with van der Waals surface area (Å²) in [7, 11) is 0. The molecule has 0 spiro atoms. The highest BCUT2D eigenvalue weighted by molar-refractivity contribution is 6.05. The average molecular weight is 340 g/mol. The molecule has 3 aromatic carbocycles. The van der Waals surface area contributed by atoms with Crippen molar-refractivity contribution >= 4 is 22.5 Å². The molecule has 0 aliphatic carbocycles. The van der Waals surface area contributed by atoms with Gasteiger partial charge in [-0.15, -0.1) is 0 Å². The van der Waals surface area contributed by atoms with Crippen LogP contribution in [0.5, 0.6) is 11.5 Å². The van der Waals surface area contributed by atoms with Gasteiger partial charge in [0.1, 0.15) is 22.9 Å². The topological polar surface area (TPSA) is 83.8 Å². The third kappa shape index (κ3) is 3.14. The SMILES string of the molecule is O=C(COC(=O)c1cc(O)c2ccccc2c1O)c1ccccc1F. The zero-order chi connectivity index (χ0) is 18.0. The number of hydrogen-bond acceptors (Lipinski definition) is 5. The number of esters is 1. The van der Waals surface area contributed by atoms with Crippen LogP contribution in [0.25, 0.3) is 10.8 Å². The highest BCUT2D eigenvalue weighted by Crippen LogP contribution is 2.35. The van der Waals surface area contributed by atoms with Gasteiger partial charge in [0.2, 0.25) is 5.78 Å². The van der Waals surface area contributed by atoms with Crippen LogP contribution in [0.4, 0.5) is 4.39 Å². The van der Waals surface area contributed by atoms with Gasteiger partial charge < -0.3 is 14.9 Å². The van der Waals surface area contributed by atoms with E-state index < -0.39 is 24.2 Å². The Hall–Kier alpha value is -3.41. The molecular formula is C19H13FO5. The van der Waals surface area contributed by atoms with Crippen molar-refractivity contribution in [2.45, 2.75) is 0 Å². The number of phenols is 2. The number of Topliss-reactive ketones (excluding diaryl/α,β-unsaturated/α-hetero) is 1. The van der Waals surface area contributed by atoms with Crippen molar-refractivity contribution in [3.8, 4) is 11.5 Å². The summed E-state index contributed by atoms with van der Waals surface area (Å²) in [6, 6.07) is 12.8. The molecule has 0 aliphatic rings. The van der Waals surface area contributed by atoms with E-state index in [0.717, 1.165) is 12.1 Å². The second kappa shape index (κ2) is 6.60. The van der Waals surface area contributed by atoms with Crippen molar-refractivity contribution in [1.82, 2.24) is 0 Å². The Balaban J connectivity index is 1.82. The van der Waals surface area contributed by atoms with Crippen molar-refractivity contribution in [3.05, 3.63) is 71.5 Å². The first kappa shape index (κ1) is 16.4. The van der Waals surface area contributed by atoms with Crippen LogP contribution in [0.3, 0.4) is 0 Å². The first-order valence-electron chi connectivity index (χ1n) is 7.37. The molecule has 0 fully saturated rings. The minimum atomic E-state index is -0.997. The first-order chi connectivity index (χ1) is 12.0. The van der Waals surface area contributed by atoms with Gasteiger partial charge in [0, 0.05) is 10.8 Å². The van der Waals surface area contributed by atoms with Crippen molar-refractivity contribution in [2.24, 2.45) is 0 Å². The first-order valence-corrected chi connectivity index (χ1v) is 7.37. The fourth-order valence-corrected chi connectivity index (χ4v) is 2.47. The van der Waals surface area contributed by atoms with Gasteiger partial charge in [0.15, 0.2) is 6.61 Å². The second-order valence-corrected chi connectivity index (χ2v) is 5.32. The van der Waals surface area contributed by atoms with E-state index >= 15 is 0 Å². The lowest BCUT2D eigenvalue weighted by molar-refractivity contribution is 0.0470. The third-order valence-electron chi connectivity index (χ3n) is 3.72. The third-order valence-corrected chi connectivity index (χ3v) is 3.72. The molecule has 3 rings (SSSR count). The molecule has 0 radical (unpaired) electrons. The van der Waals surface area contributed by atoms with Crippen LogP contribution in [0.2, 0.25) is 0 Å². The highest BCUT2D eigenvalue weighted by atomic mass is 19.1. The molecule has 0 unspecified atom stereocenters. The van der Waals surface area contributed by atoms with E-state index in [-0.39, 0.29) is 28.0 Å². The smallest absolute Gasteiger partial charge is 0.342 e. The highest BCUT2D eigenvalue weighted by Gasteiger charge is 2.20.